The maximum Gasteiger partial charge on any atom is 0.123 e. The van der Waals surface area contributed by atoms with E-state index in [1.807, 2.05) is 24.3 Å². The highest BCUT2D eigenvalue weighted by Gasteiger charge is 2.04. The number of ether oxygens (including phenoxy) is 1. The highest BCUT2D eigenvalue weighted by atomic mass is 16.5. The number of rotatable bonds is 5. The Bertz CT molecular complexity index is 711. The van der Waals surface area contributed by atoms with E-state index in [1.165, 1.54) is 0 Å². The van der Waals surface area contributed by atoms with Crippen molar-refractivity contribution in [2.45, 2.75) is 13.1 Å². The first-order valence-electron chi connectivity index (χ1n) is 6.53. The number of nitrogens with zero attached hydrogens (tertiary/aromatic N) is 2. The Balaban J connectivity index is 2.03. The fraction of sp³-hybridized carbons (Fsp3) is 0.176. The molecule has 0 aliphatic heterocycles. The van der Waals surface area contributed by atoms with Gasteiger partial charge in [0, 0.05) is 18.7 Å². The monoisotopic (exact) mass is 277 g/mol. The van der Waals surface area contributed by atoms with Crippen molar-refractivity contribution < 1.29 is 4.74 Å². The summed E-state index contributed by atoms with van der Waals surface area (Å²) >= 11 is 0. The predicted octanol–water partition coefficient (Wildman–Crippen LogP) is 2.73. The average molecular weight is 277 g/mol. The molecule has 4 heteroatoms. The van der Waals surface area contributed by atoms with Crippen molar-refractivity contribution >= 4 is 0 Å². The molecule has 0 atom stereocenters. The van der Waals surface area contributed by atoms with Gasteiger partial charge in [0.1, 0.15) is 5.75 Å². The Hall–Kier alpha value is -2.82. The minimum Gasteiger partial charge on any atom is -0.496 e. The first-order chi connectivity index (χ1) is 10.3. The Morgan fingerprint density at radius 2 is 1.76 bits per heavy atom. The van der Waals surface area contributed by atoms with Crippen LogP contribution >= 0.6 is 0 Å². The van der Waals surface area contributed by atoms with Crippen LogP contribution in [0.2, 0.25) is 0 Å². The number of hydrogen-bond donors (Lipinski definition) is 1. The molecular weight excluding hydrogens is 262 g/mol. The first kappa shape index (κ1) is 14.6. The van der Waals surface area contributed by atoms with Gasteiger partial charge in [-0.2, -0.15) is 10.5 Å². The topological polar surface area (TPSA) is 68.8 Å². The van der Waals surface area contributed by atoms with Crippen LogP contribution in [0.4, 0.5) is 0 Å². The molecule has 0 amide bonds. The molecule has 2 aromatic carbocycles. The van der Waals surface area contributed by atoms with E-state index in [-0.39, 0.29) is 0 Å². The lowest BCUT2D eigenvalue weighted by Crippen LogP contribution is -2.13. The molecule has 2 aromatic rings. The van der Waals surface area contributed by atoms with Gasteiger partial charge in [-0.05, 0) is 35.9 Å². The van der Waals surface area contributed by atoms with Gasteiger partial charge in [-0.15, -0.1) is 0 Å². The van der Waals surface area contributed by atoms with E-state index in [0.29, 0.717) is 24.2 Å². The SMILES string of the molecule is COc1ccc(C#N)cc1CNCc1cccc(C#N)c1. The third-order valence-electron chi connectivity index (χ3n) is 3.11. The molecule has 0 aliphatic carbocycles. The predicted molar refractivity (Wildman–Crippen MR) is 79.4 cm³/mol. The molecule has 4 nitrogen and oxygen atoms in total. The summed E-state index contributed by atoms with van der Waals surface area (Å²) in [5.74, 6) is 0.757. The normalized spacial score (nSPS) is 9.67. The van der Waals surface area contributed by atoms with E-state index in [1.54, 1.807) is 25.3 Å². The number of methoxy groups -OCH3 is 1. The van der Waals surface area contributed by atoms with Crippen molar-refractivity contribution in [1.29, 1.82) is 10.5 Å². The number of hydrogen-bond acceptors (Lipinski definition) is 4. The molecule has 0 spiro atoms. The maximum absolute atomic E-state index is 8.94. The van der Waals surface area contributed by atoms with E-state index < -0.39 is 0 Å². The third kappa shape index (κ3) is 3.82. The lowest BCUT2D eigenvalue weighted by atomic mass is 10.1. The van der Waals surface area contributed by atoms with Crippen molar-refractivity contribution in [3.05, 3.63) is 64.7 Å². The zero-order valence-electron chi connectivity index (χ0n) is 11.8. The van der Waals surface area contributed by atoms with Crippen LogP contribution in [-0.4, -0.2) is 7.11 Å². The first-order valence-corrected chi connectivity index (χ1v) is 6.53. The standard InChI is InChI=1S/C17H15N3O/c1-21-17-6-5-14(10-19)8-16(17)12-20-11-15-4-2-3-13(7-15)9-18/h2-8,20H,11-12H2,1H3. The molecule has 0 heterocycles. The molecule has 21 heavy (non-hydrogen) atoms. The van der Waals surface area contributed by atoms with E-state index in [4.69, 9.17) is 15.3 Å². The lowest BCUT2D eigenvalue weighted by Gasteiger charge is -2.10. The van der Waals surface area contributed by atoms with Gasteiger partial charge in [0.2, 0.25) is 0 Å². The van der Waals surface area contributed by atoms with E-state index in [0.717, 1.165) is 16.9 Å². The summed E-state index contributed by atoms with van der Waals surface area (Å²) in [7, 11) is 1.61. The molecule has 0 aromatic heterocycles. The van der Waals surface area contributed by atoms with Crippen molar-refractivity contribution in [2.75, 3.05) is 7.11 Å². The Morgan fingerprint density at radius 1 is 1.00 bits per heavy atom. The molecule has 0 saturated carbocycles. The Morgan fingerprint density at radius 3 is 2.48 bits per heavy atom. The van der Waals surface area contributed by atoms with Crippen molar-refractivity contribution in [3.8, 4) is 17.9 Å². The summed E-state index contributed by atoms with van der Waals surface area (Å²) in [6.07, 6.45) is 0. The minimum atomic E-state index is 0.593. The van der Waals surface area contributed by atoms with Crippen LogP contribution in [0, 0.1) is 22.7 Å². The van der Waals surface area contributed by atoms with Crippen LogP contribution in [0.5, 0.6) is 5.75 Å². The van der Waals surface area contributed by atoms with Gasteiger partial charge in [-0.1, -0.05) is 12.1 Å². The molecule has 1 N–H and O–H groups in total. The third-order valence-corrected chi connectivity index (χ3v) is 3.11. The lowest BCUT2D eigenvalue weighted by molar-refractivity contribution is 0.407. The molecule has 0 fully saturated rings. The molecular formula is C17H15N3O. The summed E-state index contributed by atoms with van der Waals surface area (Å²) in [5.41, 5.74) is 3.25. The van der Waals surface area contributed by atoms with Gasteiger partial charge in [0.25, 0.3) is 0 Å². The number of nitriles is 2. The average Bonchev–Trinajstić information content (AvgIpc) is 2.55. The zero-order valence-corrected chi connectivity index (χ0v) is 11.8. The molecule has 2 rings (SSSR count). The summed E-state index contributed by atoms with van der Waals surface area (Å²) in [4.78, 5) is 0. The van der Waals surface area contributed by atoms with E-state index >= 15 is 0 Å². The van der Waals surface area contributed by atoms with Crippen molar-refractivity contribution in [2.24, 2.45) is 0 Å². The maximum atomic E-state index is 8.94. The zero-order chi connectivity index (χ0) is 15.1. The van der Waals surface area contributed by atoms with Gasteiger partial charge in [-0.25, -0.2) is 0 Å². The number of benzene rings is 2. The summed E-state index contributed by atoms with van der Waals surface area (Å²) in [6, 6.07) is 17.1. The second-order valence-electron chi connectivity index (χ2n) is 4.55. The van der Waals surface area contributed by atoms with Crippen LogP contribution in [0.3, 0.4) is 0 Å². The quantitative estimate of drug-likeness (QED) is 0.912. The molecule has 0 radical (unpaired) electrons. The van der Waals surface area contributed by atoms with E-state index in [9.17, 15) is 0 Å². The fourth-order valence-corrected chi connectivity index (χ4v) is 2.08. The molecule has 0 saturated heterocycles. The van der Waals surface area contributed by atoms with Gasteiger partial charge in [-0.3, -0.25) is 0 Å². The smallest absolute Gasteiger partial charge is 0.123 e. The largest absolute Gasteiger partial charge is 0.496 e. The number of nitrogens with one attached hydrogen (secondary N) is 1. The van der Waals surface area contributed by atoms with Gasteiger partial charge in [0.15, 0.2) is 0 Å². The second-order valence-corrected chi connectivity index (χ2v) is 4.55. The van der Waals surface area contributed by atoms with Crippen LogP contribution in [0.15, 0.2) is 42.5 Å². The van der Waals surface area contributed by atoms with Gasteiger partial charge in [0.05, 0.1) is 30.4 Å². The van der Waals surface area contributed by atoms with Crippen LogP contribution in [-0.2, 0) is 13.1 Å². The summed E-state index contributed by atoms with van der Waals surface area (Å²) < 4.78 is 5.29. The van der Waals surface area contributed by atoms with E-state index in [2.05, 4.69) is 17.5 Å². The minimum absolute atomic E-state index is 0.593. The van der Waals surface area contributed by atoms with Crippen LogP contribution in [0.25, 0.3) is 0 Å². The van der Waals surface area contributed by atoms with Crippen molar-refractivity contribution in [1.82, 2.24) is 5.32 Å². The highest BCUT2D eigenvalue weighted by molar-refractivity contribution is 5.42. The Kier molecular flexibility index (Phi) is 4.93. The second kappa shape index (κ2) is 7.09. The van der Waals surface area contributed by atoms with Gasteiger partial charge < -0.3 is 10.1 Å². The molecule has 0 aliphatic rings. The van der Waals surface area contributed by atoms with Crippen molar-refractivity contribution in [3.63, 3.8) is 0 Å². The Labute approximate surface area is 124 Å². The van der Waals surface area contributed by atoms with Crippen LogP contribution in [0.1, 0.15) is 22.3 Å². The van der Waals surface area contributed by atoms with Crippen LogP contribution < -0.4 is 10.1 Å². The van der Waals surface area contributed by atoms with Gasteiger partial charge >= 0.3 is 0 Å². The molecule has 0 bridgehead atoms. The highest BCUT2D eigenvalue weighted by Crippen LogP contribution is 2.19. The fourth-order valence-electron chi connectivity index (χ4n) is 2.08. The molecule has 104 valence electrons. The summed E-state index contributed by atoms with van der Waals surface area (Å²) in [5, 5.41) is 21.1. The molecule has 0 unspecified atom stereocenters. The summed E-state index contributed by atoms with van der Waals surface area (Å²) in [6.45, 7) is 1.24.